The quantitative estimate of drug-likeness (QED) is 0.834. The third kappa shape index (κ3) is 2.79. The maximum atomic E-state index is 12.6. The molecule has 2 saturated heterocycles. The molecule has 0 unspecified atom stereocenters. The summed E-state index contributed by atoms with van der Waals surface area (Å²) in [5.74, 6) is 1.00. The van der Waals surface area contributed by atoms with Crippen molar-refractivity contribution in [2.75, 3.05) is 26.3 Å². The number of piperidine rings is 1. The van der Waals surface area contributed by atoms with Crippen molar-refractivity contribution in [1.82, 2.24) is 14.5 Å². The summed E-state index contributed by atoms with van der Waals surface area (Å²) in [6.07, 6.45) is 7.17. The van der Waals surface area contributed by atoms with Crippen LogP contribution in [0.4, 0.5) is 0 Å². The van der Waals surface area contributed by atoms with E-state index in [0.29, 0.717) is 17.9 Å². The molecular weight excluding hydrogens is 326 g/mol. The molecule has 2 aromatic rings. The van der Waals surface area contributed by atoms with Gasteiger partial charge in [-0.3, -0.25) is 14.7 Å². The predicted octanol–water partition coefficient (Wildman–Crippen LogP) is 2.51. The fraction of sp³-hybridized carbons (Fsp3) is 0.524. The van der Waals surface area contributed by atoms with E-state index in [0.717, 1.165) is 51.3 Å². The summed E-state index contributed by atoms with van der Waals surface area (Å²) >= 11 is 0. The van der Waals surface area contributed by atoms with E-state index in [9.17, 15) is 4.79 Å². The Morgan fingerprint density at radius 3 is 2.77 bits per heavy atom. The van der Waals surface area contributed by atoms with Gasteiger partial charge in [-0.25, -0.2) is 0 Å². The van der Waals surface area contributed by atoms with Crippen molar-refractivity contribution < 1.29 is 4.74 Å². The third-order valence-corrected chi connectivity index (χ3v) is 6.30. The van der Waals surface area contributed by atoms with Gasteiger partial charge in [-0.15, -0.1) is 0 Å². The molecule has 3 aliphatic rings. The smallest absolute Gasteiger partial charge is 0.250 e. The standard InChI is InChI=1S/C21H25N3O2/c25-20-4-3-19(16-2-1-7-22-11-16)21-17-10-15(13-24(20)21)12-23(14-17)18-5-8-26-9-6-18/h1-4,7,11,15,17-18H,5-6,8-10,12-14H2/t15-,17+/m0/s1. The lowest BCUT2D eigenvalue weighted by molar-refractivity contribution is 0.00597. The van der Waals surface area contributed by atoms with Gasteiger partial charge in [-0.1, -0.05) is 6.07 Å². The average molecular weight is 351 g/mol. The number of ether oxygens (including phenoxy) is 1. The molecule has 0 aromatic carbocycles. The van der Waals surface area contributed by atoms with Crippen LogP contribution in [0.3, 0.4) is 0 Å². The zero-order valence-corrected chi connectivity index (χ0v) is 15.0. The Hall–Kier alpha value is -1.98. The summed E-state index contributed by atoms with van der Waals surface area (Å²) < 4.78 is 7.60. The van der Waals surface area contributed by atoms with Gasteiger partial charge in [0, 0.05) is 80.1 Å². The Morgan fingerprint density at radius 1 is 1.08 bits per heavy atom. The summed E-state index contributed by atoms with van der Waals surface area (Å²) in [5, 5.41) is 0. The molecule has 136 valence electrons. The second kappa shape index (κ2) is 6.63. The van der Waals surface area contributed by atoms with Crippen LogP contribution in [0.25, 0.3) is 11.1 Å². The Kier molecular flexibility index (Phi) is 4.14. The minimum Gasteiger partial charge on any atom is -0.381 e. The van der Waals surface area contributed by atoms with Gasteiger partial charge in [0.05, 0.1) is 0 Å². The second-order valence-corrected chi connectivity index (χ2v) is 7.92. The van der Waals surface area contributed by atoms with Gasteiger partial charge in [0.15, 0.2) is 0 Å². The van der Waals surface area contributed by atoms with Crippen LogP contribution in [-0.4, -0.2) is 46.8 Å². The molecule has 5 heteroatoms. The Bertz CT molecular complexity index is 842. The number of aromatic nitrogens is 2. The fourth-order valence-electron chi connectivity index (χ4n) is 5.17. The van der Waals surface area contributed by atoms with Crippen molar-refractivity contribution in [3.8, 4) is 11.1 Å². The first kappa shape index (κ1) is 16.2. The summed E-state index contributed by atoms with van der Waals surface area (Å²) in [7, 11) is 0. The monoisotopic (exact) mass is 351 g/mol. The van der Waals surface area contributed by atoms with Gasteiger partial charge in [0.25, 0.3) is 5.56 Å². The Balaban J connectivity index is 1.54. The lowest BCUT2D eigenvalue weighted by Crippen LogP contribution is -2.51. The van der Waals surface area contributed by atoms with Gasteiger partial charge in [-0.2, -0.15) is 0 Å². The molecule has 5 nitrogen and oxygen atoms in total. The summed E-state index contributed by atoms with van der Waals surface area (Å²) in [4.78, 5) is 19.5. The first-order valence-electron chi connectivity index (χ1n) is 9.75. The highest BCUT2D eigenvalue weighted by atomic mass is 16.5. The summed E-state index contributed by atoms with van der Waals surface area (Å²) in [6, 6.07) is 8.43. The molecule has 0 amide bonds. The van der Waals surface area contributed by atoms with Crippen LogP contribution in [0, 0.1) is 5.92 Å². The lowest BCUT2D eigenvalue weighted by atomic mass is 9.80. The van der Waals surface area contributed by atoms with Gasteiger partial charge >= 0.3 is 0 Å². The van der Waals surface area contributed by atoms with E-state index in [-0.39, 0.29) is 5.56 Å². The highest BCUT2D eigenvalue weighted by molar-refractivity contribution is 5.66. The maximum absolute atomic E-state index is 12.6. The molecule has 2 aromatic heterocycles. The number of rotatable bonds is 2. The zero-order valence-electron chi connectivity index (χ0n) is 15.0. The molecule has 2 atom stereocenters. The van der Waals surface area contributed by atoms with Crippen molar-refractivity contribution >= 4 is 0 Å². The average Bonchev–Trinajstić information content (AvgIpc) is 2.70. The van der Waals surface area contributed by atoms with Crippen LogP contribution in [0.15, 0.2) is 41.5 Å². The summed E-state index contributed by atoms with van der Waals surface area (Å²) in [6.45, 7) is 4.78. The van der Waals surface area contributed by atoms with E-state index >= 15 is 0 Å². The Labute approximate surface area is 153 Å². The topological polar surface area (TPSA) is 47.4 Å². The van der Waals surface area contributed by atoms with Crippen molar-refractivity contribution in [3.05, 3.63) is 52.7 Å². The van der Waals surface area contributed by atoms with E-state index < -0.39 is 0 Å². The fourth-order valence-corrected chi connectivity index (χ4v) is 5.17. The zero-order chi connectivity index (χ0) is 17.5. The van der Waals surface area contributed by atoms with E-state index in [4.69, 9.17) is 4.74 Å². The minimum absolute atomic E-state index is 0.141. The largest absolute Gasteiger partial charge is 0.381 e. The molecule has 2 bridgehead atoms. The van der Waals surface area contributed by atoms with Crippen LogP contribution < -0.4 is 5.56 Å². The molecule has 26 heavy (non-hydrogen) atoms. The number of nitrogens with zero attached hydrogens (tertiary/aromatic N) is 3. The van der Waals surface area contributed by atoms with Gasteiger partial charge in [0.2, 0.25) is 0 Å². The Morgan fingerprint density at radius 2 is 1.96 bits per heavy atom. The molecule has 5 rings (SSSR count). The van der Waals surface area contributed by atoms with E-state index in [2.05, 4.69) is 16.0 Å². The molecule has 0 radical (unpaired) electrons. The molecule has 0 N–H and O–H groups in total. The van der Waals surface area contributed by atoms with Gasteiger partial charge < -0.3 is 9.30 Å². The summed E-state index contributed by atoms with van der Waals surface area (Å²) in [5.41, 5.74) is 3.65. The second-order valence-electron chi connectivity index (χ2n) is 7.92. The van der Waals surface area contributed by atoms with Crippen LogP contribution in [0.2, 0.25) is 0 Å². The van der Waals surface area contributed by atoms with E-state index in [1.165, 1.54) is 17.7 Å². The van der Waals surface area contributed by atoms with Gasteiger partial charge in [0.1, 0.15) is 0 Å². The SMILES string of the molecule is O=c1ccc(-c2cccnc2)c2n1C[C@H]1C[C@@H]2CN(C2CCOCC2)C1. The molecule has 2 fully saturated rings. The predicted molar refractivity (Wildman–Crippen MR) is 100 cm³/mol. The van der Waals surface area contributed by atoms with Gasteiger partial charge in [-0.05, 0) is 37.3 Å². The van der Waals surface area contributed by atoms with E-state index in [1.807, 2.05) is 22.9 Å². The number of fused-ring (bicyclic) bond motifs is 4. The minimum atomic E-state index is 0.141. The molecule has 0 saturated carbocycles. The highest BCUT2D eigenvalue weighted by Gasteiger charge is 2.38. The number of pyridine rings is 2. The molecule has 0 spiro atoms. The van der Waals surface area contributed by atoms with Crippen molar-refractivity contribution in [3.63, 3.8) is 0 Å². The number of likely N-dealkylation sites (tertiary alicyclic amines) is 1. The molecule has 5 heterocycles. The number of hydrogen-bond donors (Lipinski definition) is 0. The first-order chi connectivity index (χ1) is 12.8. The normalized spacial score (nSPS) is 26.5. The third-order valence-electron chi connectivity index (χ3n) is 6.30. The van der Waals surface area contributed by atoms with Crippen LogP contribution in [-0.2, 0) is 11.3 Å². The maximum Gasteiger partial charge on any atom is 0.250 e. The highest BCUT2D eigenvalue weighted by Crippen LogP contribution is 2.40. The molecule has 3 aliphatic heterocycles. The van der Waals surface area contributed by atoms with Crippen molar-refractivity contribution in [2.45, 2.75) is 37.8 Å². The number of hydrogen-bond acceptors (Lipinski definition) is 4. The lowest BCUT2D eigenvalue weighted by Gasteiger charge is -2.47. The van der Waals surface area contributed by atoms with Crippen LogP contribution in [0.5, 0.6) is 0 Å². The van der Waals surface area contributed by atoms with Crippen molar-refractivity contribution in [1.29, 1.82) is 0 Å². The van der Waals surface area contributed by atoms with Crippen LogP contribution >= 0.6 is 0 Å². The molecular formula is C21H25N3O2. The first-order valence-corrected chi connectivity index (χ1v) is 9.75. The molecule has 0 aliphatic carbocycles. The van der Waals surface area contributed by atoms with E-state index in [1.54, 1.807) is 12.3 Å². The van der Waals surface area contributed by atoms with Crippen molar-refractivity contribution in [2.24, 2.45) is 5.92 Å². The van der Waals surface area contributed by atoms with Crippen LogP contribution in [0.1, 0.15) is 30.9 Å².